The molecule has 1 amide bonds. The number of nitrogens with two attached hydrogens (primary N) is 1. The first-order chi connectivity index (χ1) is 9.24. The minimum Gasteiger partial charge on any atom is -0.444 e. The molecule has 3 N–H and O–H groups in total. The molecule has 0 aliphatic carbocycles. The summed E-state index contributed by atoms with van der Waals surface area (Å²) in [5, 5.41) is 2.76. The molecule has 0 radical (unpaired) electrons. The zero-order valence-corrected chi connectivity index (χ0v) is 13.7. The van der Waals surface area contributed by atoms with Gasteiger partial charge in [-0.05, 0) is 54.4 Å². The maximum atomic E-state index is 11.4. The van der Waals surface area contributed by atoms with Gasteiger partial charge in [0.15, 0.2) is 0 Å². The number of alkyl carbamates (subject to hydrolysis) is 1. The number of nitrogens with one attached hydrogen (secondary N) is 1. The second-order valence-corrected chi connectivity index (χ2v) is 6.18. The summed E-state index contributed by atoms with van der Waals surface area (Å²) < 4.78 is 5.17. The average Bonchev–Trinajstić information content (AvgIpc) is 2.26. The molecule has 120 valence electrons. The molecule has 6 heteroatoms. The van der Waals surface area contributed by atoms with Crippen LogP contribution in [0.25, 0.3) is 0 Å². The van der Waals surface area contributed by atoms with Crippen LogP contribution in [0.5, 0.6) is 0 Å². The van der Waals surface area contributed by atoms with Crippen LogP contribution in [0.3, 0.4) is 0 Å². The summed E-state index contributed by atoms with van der Waals surface area (Å²) in [6, 6.07) is 0. The zero-order valence-electron chi connectivity index (χ0n) is 13.7. The highest BCUT2D eigenvalue weighted by molar-refractivity contribution is 5.67. The molecule has 0 bridgehead atoms. The lowest BCUT2D eigenvalue weighted by atomic mass is 10.2. The van der Waals surface area contributed by atoms with Gasteiger partial charge in [-0.25, -0.2) is 4.79 Å². The third-order valence-corrected chi connectivity index (χ3v) is 2.75. The number of carbonyl (C=O) groups excluding carboxylic acids is 1. The fraction of sp³-hybridized carbons (Fsp3) is 0.929. The predicted molar refractivity (Wildman–Crippen MR) is 82.9 cm³/mol. The van der Waals surface area contributed by atoms with Gasteiger partial charge in [0.2, 0.25) is 0 Å². The highest BCUT2D eigenvalue weighted by Crippen LogP contribution is 2.06. The molecule has 0 saturated carbocycles. The molecular formula is C14H32N4O2. The average molecular weight is 288 g/mol. The van der Waals surface area contributed by atoms with Crippen LogP contribution in [0.15, 0.2) is 0 Å². The van der Waals surface area contributed by atoms with Gasteiger partial charge in [0.1, 0.15) is 5.60 Å². The molecule has 0 rings (SSSR count). The molecule has 0 aliphatic heterocycles. The number of carbonyl (C=O) groups is 1. The van der Waals surface area contributed by atoms with Crippen molar-refractivity contribution in [2.45, 2.75) is 32.8 Å². The van der Waals surface area contributed by atoms with Gasteiger partial charge in [0, 0.05) is 26.2 Å². The maximum Gasteiger partial charge on any atom is 0.407 e. The minimum absolute atomic E-state index is 0.353. The Balaban J connectivity index is 3.58. The van der Waals surface area contributed by atoms with Crippen LogP contribution in [0.2, 0.25) is 0 Å². The Kier molecular flexibility index (Phi) is 9.54. The molecule has 6 nitrogen and oxygen atoms in total. The summed E-state index contributed by atoms with van der Waals surface area (Å²) in [7, 11) is 4.14. The second kappa shape index (κ2) is 9.96. The van der Waals surface area contributed by atoms with E-state index in [1.807, 2.05) is 20.8 Å². The lowest BCUT2D eigenvalue weighted by Crippen LogP contribution is -2.37. The van der Waals surface area contributed by atoms with Crippen LogP contribution < -0.4 is 11.1 Å². The van der Waals surface area contributed by atoms with E-state index in [1.54, 1.807) is 0 Å². The Labute approximate surface area is 123 Å². The quantitative estimate of drug-likeness (QED) is 0.654. The van der Waals surface area contributed by atoms with Crippen LogP contribution in [0, 0.1) is 0 Å². The number of nitrogens with zero attached hydrogens (tertiary/aromatic N) is 2. The van der Waals surface area contributed by atoms with E-state index < -0.39 is 5.60 Å². The van der Waals surface area contributed by atoms with Crippen molar-refractivity contribution in [3.8, 4) is 0 Å². The third-order valence-electron chi connectivity index (χ3n) is 2.75. The van der Waals surface area contributed by atoms with Crippen molar-refractivity contribution in [1.29, 1.82) is 0 Å². The van der Waals surface area contributed by atoms with Crippen LogP contribution >= 0.6 is 0 Å². The molecule has 0 unspecified atom stereocenters. The molecule has 0 saturated heterocycles. The first-order valence-corrected chi connectivity index (χ1v) is 7.28. The number of amides is 1. The first-order valence-electron chi connectivity index (χ1n) is 7.28. The van der Waals surface area contributed by atoms with E-state index in [4.69, 9.17) is 10.5 Å². The Hall–Kier alpha value is -0.850. The molecule has 0 fully saturated rings. The van der Waals surface area contributed by atoms with Crippen molar-refractivity contribution < 1.29 is 9.53 Å². The van der Waals surface area contributed by atoms with Crippen molar-refractivity contribution in [1.82, 2.24) is 15.1 Å². The van der Waals surface area contributed by atoms with E-state index in [1.165, 1.54) is 0 Å². The van der Waals surface area contributed by atoms with Gasteiger partial charge < -0.3 is 25.6 Å². The van der Waals surface area contributed by atoms with E-state index in [0.717, 1.165) is 32.6 Å². The van der Waals surface area contributed by atoms with Gasteiger partial charge >= 0.3 is 6.09 Å². The first kappa shape index (κ1) is 19.1. The molecule has 0 aromatic carbocycles. The number of ether oxygens (including phenoxy) is 1. The topological polar surface area (TPSA) is 70.8 Å². The van der Waals surface area contributed by atoms with Crippen molar-refractivity contribution in [2.75, 3.05) is 53.4 Å². The fourth-order valence-electron chi connectivity index (χ4n) is 1.72. The van der Waals surface area contributed by atoms with Gasteiger partial charge in [-0.2, -0.15) is 0 Å². The summed E-state index contributed by atoms with van der Waals surface area (Å²) in [4.78, 5) is 15.9. The summed E-state index contributed by atoms with van der Waals surface area (Å²) in [5.74, 6) is 0. The monoisotopic (exact) mass is 288 g/mol. The van der Waals surface area contributed by atoms with E-state index in [-0.39, 0.29) is 6.09 Å². The van der Waals surface area contributed by atoms with Crippen molar-refractivity contribution in [3.05, 3.63) is 0 Å². The SMILES string of the molecule is CN(CCN)CCCN(C)CCNC(=O)OC(C)(C)C. The largest absolute Gasteiger partial charge is 0.444 e. The van der Waals surface area contributed by atoms with Crippen LogP contribution in [0.4, 0.5) is 4.79 Å². The summed E-state index contributed by atoms with van der Waals surface area (Å²) in [6.45, 7) is 10.7. The van der Waals surface area contributed by atoms with E-state index in [9.17, 15) is 4.79 Å². The number of rotatable bonds is 9. The standard InChI is InChI=1S/C14H32N4O2/c1-14(2,3)20-13(19)16-8-12-18(5)10-6-9-17(4)11-7-15/h6-12,15H2,1-5H3,(H,16,19). The van der Waals surface area contributed by atoms with Crippen molar-refractivity contribution >= 4 is 6.09 Å². The van der Waals surface area contributed by atoms with Crippen molar-refractivity contribution in [2.24, 2.45) is 5.73 Å². The highest BCUT2D eigenvalue weighted by atomic mass is 16.6. The third kappa shape index (κ3) is 12.2. The Morgan fingerprint density at radius 2 is 1.65 bits per heavy atom. The number of hydrogen-bond acceptors (Lipinski definition) is 5. The zero-order chi connectivity index (χ0) is 15.6. The Morgan fingerprint density at radius 3 is 2.15 bits per heavy atom. The smallest absolute Gasteiger partial charge is 0.407 e. The normalized spacial score (nSPS) is 12.0. The maximum absolute atomic E-state index is 11.4. The van der Waals surface area contributed by atoms with Crippen LogP contribution in [0.1, 0.15) is 27.2 Å². The highest BCUT2D eigenvalue weighted by Gasteiger charge is 2.15. The molecule has 20 heavy (non-hydrogen) atoms. The number of likely N-dealkylation sites (N-methyl/N-ethyl adjacent to an activating group) is 2. The van der Waals surface area contributed by atoms with Crippen LogP contribution in [-0.4, -0.2) is 74.9 Å². The minimum atomic E-state index is -0.441. The summed E-state index contributed by atoms with van der Waals surface area (Å²) in [6.07, 6.45) is 0.743. The summed E-state index contributed by atoms with van der Waals surface area (Å²) in [5.41, 5.74) is 5.05. The number of hydrogen-bond donors (Lipinski definition) is 2. The van der Waals surface area contributed by atoms with Gasteiger partial charge in [-0.15, -0.1) is 0 Å². The molecule has 0 aliphatic rings. The predicted octanol–water partition coefficient (Wildman–Crippen LogP) is 0.724. The lowest BCUT2D eigenvalue weighted by molar-refractivity contribution is 0.0523. The molecule has 0 aromatic rings. The molecular weight excluding hydrogens is 256 g/mol. The van der Waals surface area contributed by atoms with Crippen LogP contribution in [-0.2, 0) is 4.74 Å². The van der Waals surface area contributed by atoms with E-state index in [0.29, 0.717) is 13.1 Å². The fourth-order valence-corrected chi connectivity index (χ4v) is 1.72. The lowest BCUT2D eigenvalue weighted by Gasteiger charge is -2.22. The van der Waals surface area contributed by atoms with Crippen molar-refractivity contribution in [3.63, 3.8) is 0 Å². The van der Waals surface area contributed by atoms with Gasteiger partial charge in [0.05, 0.1) is 0 Å². The van der Waals surface area contributed by atoms with Gasteiger partial charge in [-0.3, -0.25) is 0 Å². The van der Waals surface area contributed by atoms with E-state index >= 15 is 0 Å². The van der Waals surface area contributed by atoms with E-state index in [2.05, 4.69) is 29.2 Å². The van der Waals surface area contributed by atoms with Gasteiger partial charge in [-0.1, -0.05) is 0 Å². The Morgan fingerprint density at radius 1 is 1.10 bits per heavy atom. The molecule has 0 atom stereocenters. The molecule has 0 heterocycles. The molecule has 0 spiro atoms. The second-order valence-electron chi connectivity index (χ2n) is 6.18. The van der Waals surface area contributed by atoms with Gasteiger partial charge in [0.25, 0.3) is 0 Å². The Bertz CT molecular complexity index is 266. The summed E-state index contributed by atoms with van der Waals surface area (Å²) >= 11 is 0. The molecule has 0 aromatic heterocycles.